The number of piperazine rings is 1. The number of imide groups is 1. The lowest BCUT2D eigenvalue weighted by atomic mass is 9.72. The van der Waals surface area contributed by atoms with Crippen LogP contribution in [-0.2, 0) is 14.3 Å². The van der Waals surface area contributed by atoms with Gasteiger partial charge in [0.05, 0.1) is 11.5 Å². The van der Waals surface area contributed by atoms with E-state index in [1.165, 1.54) is 0 Å². The van der Waals surface area contributed by atoms with Crippen molar-refractivity contribution in [3.63, 3.8) is 0 Å². The number of hydrogen-bond acceptors (Lipinski definition) is 5. The number of likely N-dealkylation sites (tertiary alicyclic amines) is 1. The molecule has 4 amide bonds. The molecule has 2 aromatic rings. The minimum atomic E-state index is -0.811. The zero-order valence-corrected chi connectivity index (χ0v) is 21.4. The molecule has 4 rings (SSSR count). The van der Waals surface area contributed by atoms with E-state index in [4.69, 9.17) is 4.74 Å². The first-order valence-electron chi connectivity index (χ1n) is 12.7. The van der Waals surface area contributed by atoms with E-state index >= 15 is 0 Å². The van der Waals surface area contributed by atoms with Crippen LogP contribution in [0.15, 0.2) is 60.7 Å². The van der Waals surface area contributed by atoms with Gasteiger partial charge in [-0.05, 0) is 31.0 Å². The Balaban J connectivity index is 1.51. The molecule has 0 saturated carbocycles. The van der Waals surface area contributed by atoms with Crippen molar-refractivity contribution in [1.29, 1.82) is 0 Å². The third-order valence-electron chi connectivity index (χ3n) is 7.59. The van der Waals surface area contributed by atoms with Crippen molar-refractivity contribution in [1.82, 2.24) is 20.0 Å². The highest BCUT2D eigenvalue weighted by atomic mass is 16.5. The van der Waals surface area contributed by atoms with Crippen LogP contribution in [-0.4, -0.2) is 78.6 Å². The Labute approximate surface area is 213 Å². The number of likely N-dealkylation sites (N-methyl/N-ethyl adjacent to an activating group) is 1. The molecule has 2 fully saturated rings. The Morgan fingerprint density at radius 2 is 1.47 bits per heavy atom. The number of amides is 4. The molecule has 8 heteroatoms. The van der Waals surface area contributed by atoms with Crippen molar-refractivity contribution in [3.8, 4) is 0 Å². The number of hydrogen-bond donors (Lipinski definition) is 1. The minimum Gasteiger partial charge on any atom is -0.347 e. The minimum absolute atomic E-state index is 0.115. The summed E-state index contributed by atoms with van der Waals surface area (Å²) < 4.78 is 6.05. The van der Waals surface area contributed by atoms with Gasteiger partial charge < -0.3 is 19.9 Å². The van der Waals surface area contributed by atoms with Gasteiger partial charge in [-0.2, -0.15) is 0 Å². The Bertz CT molecular complexity index is 1010. The summed E-state index contributed by atoms with van der Waals surface area (Å²) in [5, 5.41) is 3.04. The van der Waals surface area contributed by atoms with Crippen molar-refractivity contribution in [2.75, 3.05) is 39.8 Å². The highest BCUT2D eigenvalue weighted by Crippen LogP contribution is 2.46. The number of carbonyl (C=O) groups excluding carboxylic acids is 3. The number of carbonyl (C=O) groups is 3. The molecule has 2 saturated heterocycles. The van der Waals surface area contributed by atoms with Gasteiger partial charge in [0.25, 0.3) is 0 Å². The fourth-order valence-electron chi connectivity index (χ4n) is 5.11. The van der Waals surface area contributed by atoms with Gasteiger partial charge in [0, 0.05) is 26.2 Å². The maximum Gasteiger partial charge on any atom is 0.327 e. The molecule has 2 aliphatic heterocycles. The van der Waals surface area contributed by atoms with Gasteiger partial charge in [0.2, 0.25) is 11.8 Å². The first-order chi connectivity index (χ1) is 17.4. The molecule has 1 unspecified atom stereocenters. The van der Waals surface area contributed by atoms with E-state index in [9.17, 15) is 14.4 Å². The molecule has 2 aliphatic rings. The maximum absolute atomic E-state index is 13.5. The maximum atomic E-state index is 13.5. The van der Waals surface area contributed by atoms with Gasteiger partial charge in [-0.1, -0.05) is 74.5 Å². The summed E-state index contributed by atoms with van der Waals surface area (Å²) >= 11 is 0. The molecule has 1 atom stereocenters. The SMILES string of the molecule is CCC1(CC)C(=O)N(C(=O)NC(c2ccccc2)c2ccccc2)C1OCC(=O)N1CCN(C)CC1. The zero-order chi connectivity index (χ0) is 25.7. The van der Waals surface area contributed by atoms with Crippen molar-refractivity contribution in [2.45, 2.75) is 39.0 Å². The summed E-state index contributed by atoms with van der Waals surface area (Å²) in [5.74, 6) is -0.378. The molecular weight excluding hydrogens is 456 g/mol. The van der Waals surface area contributed by atoms with Crippen LogP contribution in [0.4, 0.5) is 4.79 Å². The number of benzene rings is 2. The number of urea groups is 1. The average Bonchev–Trinajstić information content (AvgIpc) is 2.91. The third kappa shape index (κ3) is 5.01. The van der Waals surface area contributed by atoms with Crippen LogP contribution in [0, 0.1) is 5.41 Å². The van der Waals surface area contributed by atoms with Crippen molar-refractivity contribution < 1.29 is 19.1 Å². The predicted molar refractivity (Wildman–Crippen MR) is 137 cm³/mol. The van der Waals surface area contributed by atoms with Crippen LogP contribution in [0.2, 0.25) is 0 Å². The second-order valence-electron chi connectivity index (χ2n) is 9.59. The van der Waals surface area contributed by atoms with E-state index in [0.29, 0.717) is 25.9 Å². The lowest BCUT2D eigenvalue weighted by Crippen LogP contribution is -2.73. The van der Waals surface area contributed by atoms with Crippen LogP contribution in [0.1, 0.15) is 43.9 Å². The van der Waals surface area contributed by atoms with Gasteiger partial charge in [0.1, 0.15) is 6.61 Å². The lowest BCUT2D eigenvalue weighted by Gasteiger charge is -2.53. The van der Waals surface area contributed by atoms with Crippen molar-refractivity contribution >= 4 is 17.8 Å². The number of ether oxygens (including phenoxy) is 1. The normalized spacial score (nSPS) is 19.8. The van der Waals surface area contributed by atoms with Crippen LogP contribution in [0.5, 0.6) is 0 Å². The molecule has 2 heterocycles. The Hall–Kier alpha value is -3.23. The topological polar surface area (TPSA) is 82.2 Å². The highest BCUT2D eigenvalue weighted by molar-refractivity contribution is 6.03. The van der Waals surface area contributed by atoms with Gasteiger partial charge in [0.15, 0.2) is 6.23 Å². The van der Waals surface area contributed by atoms with Crippen molar-refractivity contribution in [3.05, 3.63) is 71.8 Å². The monoisotopic (exact) mass is 492 g/mol. The molecule has 0 spiro atoms. The smallest absolute Gasteiger partial charge is 0.327 e. The molecule has 0 bridgehead atoms. The van der Waals surface area contributed by atoms with E-state index in [1.807, 2.05) is 81.6 Å². The first-order valence-corrected chi connectivity index (χ1v) is 12.7. The Morgan fingerprint density at radius 3 is 1.97 bits per heavy atom. The van der Waals surface area contributed by atoms with Gasteiger partial charge in [-0.3, -0.25) is 9.59 Å². The summed E-state index contributed by atoms with van der Waals surface area (Å²) in [6, 6.07) is 18.3. The van der Waals surface area contributed by atoms with E-state index in [2.05, 4.69) is 10.2 Å². The van der Waals surface area contributed by atoms with Gasteiger partial charge in [-0.15, -0.1) is 0 Å². The molecule has 36 heavy (non-hydrogen) atoms. The molecular formula is C28H36N4O4. The molecule has 0 aromatic heterocycles. The molecule has 1 N–H and O–H groups in total. The van der Waals surface area contributed by atoms with Gasteiger partial charge in [-0.25, -0.2) is 9.69 Å². The Kier molecular flexibility index (Phi) is 8.06. The average molecular weight is 493 g/mol. The molecule has 2 aromatic carbocycles. The van der Waals surface area contributed by atoms with E-state index in [-0.39, 0.29) is 18.4 Å². The molecule has 0 aliphatic carbocycles. The van der Waals surface area contributed by atoms with Crippen LogP contribution >= 0.6 is 0 Å². The Morgan fingerprint density at radius 1 is 0.944 bits per heavy atom. The van der Waals surface area contributed by atoms with Crippen molar-refractivity contribution in [2.24, 2.45) is 5.41 Å². The first kappa shape index (κ1) is 25.9. The number of rotatable bonds is 8. The molecule has 0 radical (unpaired) electrons. The predicted octanol–water partition coefficient (Wildman–Crippen LogP) is 3.25. The highest BCUT2D eigenvalue weighted by Gasteiger charge is 2.62. The van der Waals surface area contributed by atoms with Crippen LogP contribution < -0.4 is 5.32 Å². The second-order valence-corrected chi connectivity index (χ2v) is 9.59. The van der Waals surface area contributed by atoms with E-state index in [1.54, 1.807) is 4.90 Å². The number of nitrogens with zero attached hydrogens (tertiary/aromatic N) is 3. The quantitative estimate of drug-likeness (QED) is 0.572. The summed E-state index contributed by atoms with van der Waals surface area (Å²) in [7, 11) is 2.03. The fraction of sp³-hybridized carbons (Fsp3) is 0.464. The standard InChI is InChI=1S/C28H36N4O4/c1-4-28(5-2)25(34)32(26(28)36-20-23(33)31-18-16-30(3)17-19-31)27(35)29-24(21-12-8-6-9-13-21)22-14-10-7-11-15-22/h6-15,24,26H,4-5,16-20H2,1-3H3,(H,29,35). The van der Waals surface area contributed by atoms with Gasteiger partial charge >= 0.3 is 6.03 Å². The summed E-state index contributed by atoms with van der Waals surface area (Å²) in [6.45, 7) is 6.61. The summed E-state index contributed by atoms with van der Waals surface area (Å²) in [4.78, 5) is 44.8. The van der Waals surface area contributed by atoms with E-state index in [0.717, 1.165) is 29.1 Å². The fourth-order valence-corrected chi connectivity index (χ4v) is 5.11. The van der Waals surface area contributed by atoms with E-state index < -0.39 is 23.7 Å². The summed E-state index contributed by atoms with van der Waals surface area (Å²) in [5.41, 5.74) is 1.00. The van der Waals surface area contributed by atoms with Crippen LogP contribution in [0.25, 0.3) is 0 Å². The zero-order valence-electron chi connectivity index (χ0n) is 21.4. The van der Waals surface area contributed by atoms with Crippen LogP contribution in [0.3, 0.4) is 0 Å². The largest absolute Gasteiger partial charge is 0.347 e. The second kappa shape index (κ2) is 11.2. The molecule has 192 valence electrons. The third-order valence-corrected chi connectivity index (χ3v) is 7.59. The number of β-lactam (4-membered cyclic amide) rings is 1. The lowest BCUT2D eigenvalue weighted by molar-refractivity contribution is -0.212. The molecule has 8 nitrogen and oxygen atoms in total. The number of nitrogens with one attached hydrogen (secondary N) is 1. The summed E-state index contributed by atoms with van der Waals surface area (Å²) in [6.07, 6.45) is 0.268.